The van der Waals surface area contributed by atoms with Crippen molar-refractivity contribution in [2.24, 2.45) is 0 Å². The molecule has 1 N–H and O–H groups in total. The summed E-state index contributed by atoms with van der Waals surface area (Å²) in [6, 6.07) is 17.3. The van der Waals surface area contributed by atoms with Gasteiger partial charge in [-0.3, -0.25) is 4.79 Å². The summed E-state index contributed by atoms with van der Waals surface area (Å²) in [6.07, 6.45) is 5.38. The van der Waals surface area contributed by atoms with Gasteiger partial charge < -0.3 is 10.2 Å². The van der Waals surface area contributed by atoms with E-state index >= 15 is 0 Å². The number of amides is 1. The number of benzene rings is 2. The van der Waals surface area contributed by atoms with Gasteiger partial charge in [0, 0.05) is 28.9 Å². The molecule has 4 nitrogen and oxygen atoms in total. The first kappa shape index (κ1) is 18.2. The lowest BCUT2D eigenvalue weighted by Gasteiger charge is -2.28. The van der Waals surface area contributed by atoms with Crippen LogP contribution in [0, 0.1) is 11.3 Å². The average Bonchev–Trinajstić information content (AvgIpc) is 2.67. The van der Waals surface area contributed by atoms with Gasteiger partial charge >= 0.3 is 0 Å². The van der Waals surface area contributed by atoms with Gasteiger partial charge in [-0.2, -0.15) is 5.26 Å². The van der Waals surface area contributed by atoms with E-state index in [4.69, 9.17) is 0 Å². The van der Waals surface area contributed by atoms with Crippen LogP contribution in [0.2, 0.25) is 0 Å². The second-order valence-corrected chi connectivity index (χ2v) is 7.19. The van der Waals surface area contributed by atoms with E-state index in [0.717, 1.165) is 23.1 Å². The monoisotopic (exact) mass is 409 g/mol. The minimum Gasteiger partial charge on any atom is -0.372 e. The molecule has 2 aromatic carbocycles. The molecule has 1 fully saturated rings. The molecule has 0 bridgehead atoms. The molecule has 0 unspecified atom stereocenters. The van der Waals surface area contributed by atoms with Gasteiger partial charge in [0.25, 0.3) is 5.91 Å². The van der Waals surface area contributed by atoms with Crippen molar-refractivity contribution in [3.05, 3.63) is 64.1 Å². The molecule has 1 heterocycles. The standard InChI is InChI=1S/C21H20BrN3O/c22-18-5-4-6-19(14-18)24-21(26)17(15-23)13-16-7-9-20(10-8-16)25-11-2-1-3-12-25/h4-10,13-14H,1-3,11-12H2,(H,24,26)/b17-13+. The Bertz CT molecular complexity index is 846. The highest BCUT2D eigenvalue weighted by molar-refractivity contribution is 9.10. The third kappa shape index (κ3) is 4.74. The molecule has 26 heavy (non-hydrogen) atoms. The van der Waals surface area contributed by atoms with E-state index in [1.54, 1.807) is 18.2 Å². The van der Waals surface area contributed by atoms with Crippen LogP contribution >= 0.6 is 15.9 Å². The molecule has 1 aliphatic heterocycles. The summed E-state index contributed by atoms with van der Waals surface area (Å²) in [7, 11) is 0. The maximum Gasteiger partial charge on any atom is 0.266 e. The second kappa shape index (κ2) is 8.68. The Balaban J connectivity index is 1.71. The molecule has 5 heteroatoms. The van der Waals surface area contributed by atoms with Crippen LogP contribution in [0.15, 0.2) is 58.6 Å². The molecule has 0 aliphatic carbocycles. The number of piperidine rings is 1. The van der Waals surface area contributed by atoms with Gasteiger partial charge in [-0.1, -0.05) is 34.1 Å². The van der Waals surface area contributed by atoms with Crippen LogP contribution < -0.4 is 10.2 Å². The third-order valence-electron chi connectivity index (χ3n) is 4.37. The Kier molecular flexibility index (Phi) is 6.08. The largest absolute Gasteiger partial charge is 0.372 e. The fourth-order valence-corrected chi connectivity index (χ4v) is 3.41. The Hall–Kier alpha value is -2.58. The number of nitriles is 1. The van der Waals surface area contributed by atoms with Crippen LogP contribution in [0.4, 0.5) is 11.4 Å². The average molecular weight is 410 g/mol. The number of anilines is 2. The number of nitrogens with zero attached hydrogens (tertiary/aromatic N) is 2. The summed E-state index contributed by atoms with van der Waals surface area (Å²) >= 11 is 3.36. The third-order valence-corrected chi connectivity index (χ3v) is 4.87. The van der Waals surface area contributed by atoms with Crippen molar-refractivity contribution in [2.45, 2.75) is 19.3 Å². The van der Waals surface area contributed by atoms with Gasteiger partial charge in [-0.25, -0.2) is 0 Å². The lowest BCUT2D eigenvalue weighted by molar-refractivity contribution is -0.112. The van der Waals surface area contributed by atoms with Crippen LogP contribution in [-0.4, -0.2) is 19.0 Å². The van der Waals surface area contributed by atoms with Gasteiger partial charge in [-0.15, -0.1) is 0 Å². The van der Waals surface area contributed by atoms with Crippen molar-refractivity contribution in [3.8, 4) is 6.07 Å². The molecule has 0 atom stereocenters. The number of hydrogen-bond donors (Lipinski definition) is 1. The van der Waals surface area contributed by atoms with E-state index in [9.17, 15) is 10.1 Å². The predicted molar refractivity (Wildman–Crippen MR) is 109 cm³/mol. The Morgan fingerprint density at radius 2 is 1.85 bits per heavy atom. The maximum absolute atomic E-state index is 12.3. The fraction of sp³-hybridized carbons (Fsp3) is 0.238. The van der Waals surface area contributed by atoms with Gasteiger partial charge in [0.05, 0.1) is 0 Å². The van der Waals surface area contributed by atoms with Crippen molar-refractivity contribution in [2.75, 3.05) is 23.3 Å². The summed E-state index contributed by atoms with van der Waals surface area (Å²) in [4.78, 5) is 14.7. The Morgan fingerprint density at radius 1 is 1.12 bits per heavy atom. The Morgan fingerprint density at radius 3 is 2.50 bits per heavy atom. The Labute approximate surface area is 162 Å². The summed E-state index contributed by atoms with van der Waals surface area (Å²) in [5, 5.41) is 12.1. The number of rotatable bonds is 4. The second-order valence-electron chi connectivity index (χ2n) is 6.27. The highest BCUT2D eigenvalue weighted by Gasteiger charge is 2.12. The molecular formula is C21H20BrN3O. The molecule has 3 rings (SSSR count). The highest BCUT2D eigenvalue weighted by atomic mass is 79.9. The van der Waals surface area contributed by atoms with Crippen LogP contribution in [0.25, 0.3) is 6.08 Å². The molecule has 132 valence electrons. The highest BCUT2D eigenvalue weighted by Crippen LogP contribution is 2.21. The first-order chi connectivity index (χ1) is 12.7. The molecule has 1 saturated heterocycles. The topological polar surface area (TPSA) is 56.1 Å². The van der Waals surface area contributed by atoms with Crippen LogP contribution in [0.1, 0.15) is 24.8 Å². The molecule has 1 amide bonds. The molecule has 2 aromatic rings. The molecule has 0 spiro atoms. The van der Waals surface area contributed by atoms with Crippen molar-refractivity contribution in [3.63, 3.8) is 0 Å². The van der Waals surface area contributed by atoms with Crippen LogP contribution in [0.3, 0.4) is 0 Å². The zero-order valence-corrected chi connectivity index (χ0v) is 16.0. The van der Waals surface area contributed by atoms with Gasteiger partial charge in [0.15, 0.2) is 0 Å². The van der Waals surface area contributed by atoms with Crippen molar-refractivity contribution >= 4 is 39.3 Å². The quantitative estimate of drug-likeness (QED) is 0.571. The van der Waals surface area contributed by atoms with Gasteiger partial charge in [0.2, 0.25) is 0 Å². The van der Waals surface area contributed by atoms with Crippen molar-refractivity contribution in [1.29, 1.82) is 5.26 Å². The summed E-state index contributed by atoms with van der Waals surface area (Å²) < 4.78 is 0.867. The fourth-order valence-electron chi connectivity index (χ4n) is 3.01. The summed E-state index contributed by atoms with van der Waals surface area (Å²) in [5.74, 6) is -0.411. The molecule has 0 radical (unpaired) electrons. The van der Waals surface area contributed by atoms with Crippen molar-refractivity contribution in [1.82, 2.24) is 0 Å². The number of hydrogen-bond acceptors (Lipinski definition) is 3. The van der Waals surface area contributed by atoms with E-state index < -0.39 is 5.91 Å². The SMILES string of the molecule is N#C/C(=C\c1ccc(N2CCCCC2)cc1)C(=O)Nc1cccc(Br)c1. The van der Waals surface area contributed by atoms with Crippen LogP contribution in [-0.2, 0) is 4.79 Å². The maximum atomic E-state index is 12.3. The molecule has 1 aliphatic rings. The van der Waals surface area contributed by atoms with Gasteiger partial charge in [-0.05, 0) is 61.2 Å². The minimum atomic E-state index is -0.411. The zero-order chi connectivity index (χ0) is 18.4. The first-order valence-corrected chi connectivity index (χ1v) is 9.49. The van der Waals surface area contributed by atoms with E-state index in [0.29, 0.717) is 5.69 Å². The van der Waals surface area contributed by atoms with Crippen molar-refractivity contribution < 1.29 is 4.79 Å². The number of nitrogens with one attached hydrogen (secondary N) is 1. The molecule has 0 aromatic heterocycles. The molecular weight excluding hydrogens is 390 g/mol. The number of halogens is 1. The van der Waals surface area contributed by atoms with E-state index in [1.165, 1.54) is 24.9 Å². The van der Waals surface area contributed by atoms with Crippen LogP contribution in [0.5, 0.6) is 0 Å². The van der Waals surface area contributed by atoms with E-state index in [-0.39, 0.29) is 5.57 Å². The van der Waals surface area contributed by atoms with E-state index in [1.807, 2.05) is 30.3 Å². The minimum absolute atomic E-state index is 0.0794. The lowest BCUT2D eigenvalue weighted by Crippen LogP contribution is -2.29. The smallest absolute Gasteiger partial charge is 0.266 e. The predicted octanol–water partition coefficient (Wildman–Crippen LogP) is 4.99. The summed E-state index contributed by atoms with van der Waals surface area (Å²) in [5.41, 5.74) is 2.76. The molecule has 0 saturated carbocycles. The summed E-state index contributed by atoms with van der Waals surface area (Å²) in [6.45, 7) is 2.18. The van der Waals surface area contributed by atoms with Gasteiger partial charge in [0.1, 0.15) is 11.6 Å². The number of carbonyl (C=O) groups excluding carboxylic acids is 1. The first-order valence-electron chi connectivity index (χ1n) is 8.69. The lowest BCUT2D eigenvalue weighted by atomic mass is 10.1. The number of carbonyl (C=O) groups is 1. The van der Waals surface area contributed by atoms with E-state index in [2.05, 4.69) is 38.3 Å². The normalized spacial score (nSPS) is 14.6. The zero-order valence-electron chi connectivity index (χ0n) is 14.4.